The first-order valence-electron chi connectivity index (χ1n) is 7.16. The van der Waals surface area contributed by atoms with Gasteiger partial charge in [-0.2, -0.15) is 0 Å². The quantitative estimate of drug-likeness (QED) is 0.611. The molecule has 0 spiro atoms. The Hall–Kier alpha value is -2.40. The van der Waals surface area contributed by atoms with Gasteiger partial charge in [-0.25, -0.2) is 0 Å². The molecule has 4 nitrogen and oxygen atoms in total. The first-order valence-corrected chi connectivity index (χ1v) is 7.96. The minimum absolute atomic E-state index is 0.201. The summed E-state index contributed by atoms with van der Waals surface area (Å²) in [4.78, 5) is 26.1. The molecule has 0 aromatic heterocycles. The van der Waals surface area contributed by atoms with Gasteiger partial charge in [0, 0.05) is 16.1 Å². The molecule has 1 amide bonds. The zero-order chi connectivity index (χ0) is 16.2. The van der Waals surface area contributed by atoms with E-state index in [1.807, 2.05) is 24.3 Å². The lowest BCUT2D eigenvalue weighted by molar-refractivity contribution is -0.114. The van der Waals surface area contributed by atoms with Crippen LogP contribution < -0.4 is 9.64 Å². The molecule has 3 rings (SSSR count). The van der Waals surface area contributed by atoms with Crippen molar-refractivity contribution in [1.82, 2.24) is 0 Å². The summed E-state index contributed by atoms with van der Waals surface area (Å²) in [6, 6.07) is 14.4. The van der Waals surface area contributed by atoms with E-state index in [-0.39, 0.29) is 11.7 Å². The topological polar surface area (TPSA) is 46.6 Å². The molecule has 1 aliphatic heterocycles. The summed E-state index contributed by atoms with van der Waals surface area (Å²) in [7, 11) is 0. The fourth-order valence-corrected chi connectivity index (χ4v) is 2.61. The normalized spacial score (nSPS) is 13.5. The van der Waals surface area contributed by atoms with E-state index in [9.17, 15) is 9.59 Å². The van der Waals surface area contributed by atoms with Crippen molar-refractivity contribution < 1.29 is 14.3 Å². The number of halogens is 1. The van der Waals surface area contributed by atoms with Gasteiger partial charge in [0.15, 0.2) is 5.78 Å². The van der Waals surface area contributed by atoms with Crippen molar-refractivity contribution in [2.24, 2.45) is 0 Å². The van der Waals surface area contributed by atoms with Crippen molar-refractivity contribution in [3.63, 3.8) is 0 Å². The predicted octanol–water partition coefficient (Wildman–Crippen LogP) is 3.61. The summed E-state index contributed by atoms with van der Waals surface area (Å²) in [5.41, 5.74) is 1.27. The van der Waals surface area contributed by atoms with Crippen LogP contribution >= 0.6 is 15.9 Å². The van der Waals surface area contributed by atoms with E-state index in [4.69, 9.17) is 4.74 Å². The van der Waals surface area contributed by atoms with Gasteiger partial charge in [-0.3, -0.25) is 9.59 Å². The van der Waals surface area contributed by atoms with Crippen molar-refractivity contribution in [2.75, 3.05) is 18.1 Å². The van der Waals surface area contributed by atoms with Crippen molar-refractivity contribution >= 4 is 33.3 Å². The Morgan fingerprint density at radius 1 is 1.04 bits per heavy atom. The smallest absolute Gasteiger partial charge is 0.251 e. The van der Waals surface area contributed by atoms with Crippen LogP contribution in [0.4, 0.5) is 5.69 Å². The lowest BCUT2D eigenvalue weighted by atomic mass is 10.1. The number of amides is 1. The SMILES string of the molecule is O=C(/C=C/C(=O)N1CCOc2ccccc21)c1ccc(Br)cc1. The van der Waals surface area contributed by atoms with Crippen LogP contribution in [-0.4, -0.2) is 24.8 Å². The number of allylic oxidation sites excluding steroid dienone is 1. The molecule has 0 saturated heterocycles. The molecule has 0 unspecified atom stereocenters. The third kappa shape index (κ3) is 3.51. The Labute approximate surface area is 142 Å². The minimum atomic E-state index is -0.230. The van der Waals surface area contributed by atoms with E-state index < -0.39 is 0 Å². The van der Waals surface area contributed by atoms with Crippen LogP contribution in [-0.2, 0) is 4.79 Å². The molecular formula is C18H14BrNO3. The molecule has 1 heterocycles. The maximum atomic E-state index is 12.4. The lowest BCUT2D eigenvalue weighted by Crippen LogP contribution is -2.36. The number of ether oxygens (including phenoxy) is 1. The maximum absolute atomic E-state index is 12.4. The first kappa shape index (κ1) is 15.5. The molecule has 23 heavy (non-hydrogen) atoms. The van der Waals surface area contributed by atoms with Gasteiger partial charge in [-0.15, -0.1) is 0 Å². The number of hydrogen-bond donors (Lipinski definition) is 0. The second-order valence-corrected chi connectivity index (χ2v) is 5.93. The number of hydrogen-bond acceptors (Lipinski definition) is 3. The number of carbonyl (C=O) groups is 2. The highest BCUT2D eigenvalue weighted by Crippen LogP contribution is 2.31. The number of benzene rings is 2. The van der Waals surface area contributed by atoms with Crippen LogP contribution in [0.15, 0.2) is 65.2 Å². The zero-order valence-corrected chi connectivity index (χ0v) is 13.8. The lowest BCUT2D eigenvalue weighted by Gasteiger charge is -2.28. The third-order valence-electron chi connectivity index (χ3n) is 3.50. The van der Waals surface area contributed by atoms with Gasteiger partial charge in [0.25, 0.3) is 5.91 Å². The highest BCUT2D eigenvalue weighted by atomic mass is 79.9. The maximum Gasteiger partial charge on any atom is 0.251 e. The number of carbonyl (C=O) groups excluding carboxylic acids is 2. The zero-order valence-electron chi connectivity index (χ0n) is 12.2. The van der Waals surface area contributed by atoms with Crippen LogP contribution in [0.2, 0.25) is 0 Å². The molecule has 0 aliphatic carbocycles. The molecular weight excluding hydrogens is 358 g/mol. The van der Waals surface area contributed by atoms with Crippen molar-refractivity contribution in [2.45, 2.75) is 0 Å². The number of anilines is 1. The van der Waals surface area contributed by atoms with E-state index >= 15 is 0 Å². The second-order valence-electron chi connectivity index (χ2n) is 5.01. The van der Waals surface area contributed by atoms with Gasteiger partial charge in [-0.1, -0.05) is 28.1 Å². The summed E-state index contributed by atoms with van der Waals surface area (Å²) in [6.45, 7) is 0.907. The molecule has 5 heteroatoms. The summed E-state index contributed by atoms with van der Waals surface area (Å²) < 4.78 is 6.42. The molecule has 2 aromatic carbocycles. The Morgan fingerprint density at radius 2 is 1.78 bits per heavy atom. The summed E-state index contributed by atoms with van der Waals surface area (Å²) in [5.74, 6) is 0.248. The van der Waals surface area contributed by atoms with Crippen LogP contribution in [0.25, 0.3) is 0 Å². The number of ketones is 1. The summed E-state index contributed by atoms with van der Waals surface area (Å²) >= 11 is 3.32. The largest absolute Gasteiger partial charge is 0.490 e. The number of rotatable bonds is 3. The second kappa shape index (κ2) is 6.79. The third-order valence-corrected chi connectivity index (χ3v) is 4.03. The Bertz CT molecular complexity index is 768. The van der Waals surface area contributed by atoms with Gasteiger partial charge in [-0.05, 0) is 42.5 Å². The van der Waals surface area contributed by atoms with Crippen molar-refractivity contribution in [3.05, 3.63) is 70.7 Å². The fourth-order valence-electron chi connectivity index (χ4n) is 2.35. The van der Waals surface area contributed by atoms with Crippen LogP contribution in [0.1, 0.15) is 10.4 Å². The molecule has 0 fully saturated rings. The molecule has 116 valence electrons. The van der Waals surface area contributed by atoms with E-state index in [2.05, 4.69) is 15.9 Å². The number of nitrogens with zero attached hydrogens (tertiary/aromatic N) is 1. The van der Waals surface area contributed by atoms with E-state index in [0.717, 1.165) is 10.2 Å². The summed E-state index contributed by atoms with van der Waals surface area (Å²) in [6.07, 6.45) is 2.62. The first-order chi connectivity index (χ1) is 11.1. The van der Waals surface area contributed by atoms with Gasteiger partial charge in [0.1, 0.15) is 12.4 Å². The highest BCUT2D eigenvalue weighted by molar-refractivity contribution is 9.10. The Balaban J connectivity index is 1.74. The van der Waals surface area contributed by atoms with Crippen LogP contribution in [0, 0.1) is 0 Å². The molecule has 1 aliphatic rings. The summed E-state index contributed by atoms with van der Waals surface area (Å²) in [5, 5.41) is 0. The van der Waals surface area contributed by atoms with Gasteiger partial charge in [0.05, 0.1) is 12.2 Å². The van der Waals surface area contributed by atoms with E-state index in [1.165, 1.54) is 12.2 Å². The Morgan fingerprint density at radius 3 is 2.57 bits per heavy atom. The van der Waals surface area contributed by atoms with E-state index in [0.29, 0.717) is 24.5 Å². The van der Waals surface area contributed by atoms with E-state index in [1.54, 1.807) is 29.2 Å². The average Bonchev–Trinajstić information content (AvgIpc) is 2.59. The highest BCUT2D eigenvalue weighted by Gasteiger charge is 2.21. The Kier molecular flexibility index (Phi) is 4.57. The molecule has 2 aromatic rings. The number of fused-ring (bicyclic) bond motifs is 1. The standard InChI is InChI=1S/C18H14BrNO3/c19-14-7-5-13(6-8-14)16(21)9-10-18(22)20-11-12-23-17-4-2-1-3-15(17)20/h1-10H,11-12H2/b10-9+. The predicted molar refractivity (Wildman–Crippen MR) is 91.9 cm³/mol. The monoisotopic (exact) mass is 371 g/mol. The molecule has 0 atom stereocenters. The van der Waals surface area contributed by atoms with Gasteiger partial charge < -0.3 is 9.64 Å². The van der Waals surface area contributed by atoms with Crippen LogP contribution in [0.5, 0.6) is 5.75 Å². The molecule has 0 radical (unpaired) electrons. The minimum Gasteiger partial charge on any atom is -0.490 e. The fraction of sp³-hybridized carbons (Fsp3) is 0.111. The van der Waals surface area contributed by atoms with Crippen LogP contribution in [0.3, 0.4) is 0 Å². The molecule has 0 saturated carbocycles. The van der Waals surface area contributed by atoms with Gasteiger partial charge >= 0.3 is 0 Å². The molecule has 0 bridgehead atoms. The average molecular weight is 372 g/mol. The number of para-hydroxylation sites is 2. The molecule has 0 N–H and O–H groups in total. The van der Waals surface area contributed by atoms with Crippen molar-refractivity contribution in [1.29, 1.82) is 0 Å². The van der Waals surface area contributed by atoms with Crippen molar-refractivity contribution in [3.8, 4) is 5.75 Å². The van der Waals surface area contributed by atoms with Gasteiger partial charge in [0.2, 0.25) is 0 Å².